The van der Waals surface area contributed by atoms with Gasteiger partial charge < -0.3 is 15.3 Å². The van der Waals surface area contributed by atoms with Crippen molar-refractivity contribution in [3.05, 3.63) is 28.8 Å². The average Bonchev–Trinajstić information content (AvgIpc) is 2.39. The Morgan fingerprint density at radius 3 is 2.62 bits per heavy atom. The van der Waals surface area contributed by atoms with Crippen LogP contribution in [0.4, 0.5) is 5.69 Å². The van der Waals surface area contributed by atoms with Crippen molar-refractivity contribution in [3.63, 3.8) is 0 Å². The Morgan fingerprint density at radius 1 is 1.38 bits per heavy atom. The van der Waals surface area contributed by atoms with Crippen LogP contribution in [-0.2, 0) is 4.79 Å². The summed E-state index contributed by atoms with van der Waals surface area (Å²) in [6.45, 7) is 4.02. The lowest BCUT2D eigenvalue weighted by Gasteiger charge is -2.17. The van der Waals surface area contributed by atoms with E-state index in [2.05, 4.69) is 5.32 Å². The summed E-state index contributed by atoms with van der Waals surface area (Å²) in [5.41, 5.74) is 0.834. The molecule has 116 valence electrons. The number of anilines is 1. The van der Waals surface area contributed by atoms with Gasteiger partial charge in [-0.05, 0) is 24.1 Å². The third-order valence-electron chi connectivity index (χ3n) is 2.86. The number of carbonyl (C=O) groups excluding carboxylic acids is 2. The number of carbonyl (C=O) groups is 2. The van der Waals surface area contributed by atoms with Crippen LogP contribution in [0.25, 0.3) is 0 Å². The standard InChI is InChI=1S/C15H21ClN2O3/c1-10(2)8-14(20)17-11-4-5-13(16)12(9-11)15(21)18(3)6-7-19/h4-5,9-10,19H,6-8H2,1-3H3,(H,17,20). The van der Waals surface area contributed by atoms with Gasteiger partial charge in [-0.1, -0.05) is 25.4 Å². The molecule has 1 aromatic rings. The molecule has 0 heterocycles. The van der Waals surface area contributed by atoms with Crippen molar-refractivity contribution in [2.24, 2.45) is 5.92 Å². The molecule has 5 nitrogen and oxygen atoms in total. The minimum atomic E-state index is -0.297. The predicted molar refractivity (Wildman–Crippen MR) is 83.6 cm³/mol. The summed E-state index contributed by atoms with van der Waals surface area (Å²) in [5.74, 6) is -0.141. The van der Waals surface area contributed by atoms with Gasteiger partial charge in [-0.25, -0.2) is 0 Å². The maximum Gasteiger partial charge on any atom is 0.255 e. The summed E-state index contributed by atoms with van der Waals surface area (Å²) in [4.78, 5) is 25.3. The molecule has 0 radical (unpaired) electrons. The fraction of sp³-hybridized carbons (Fsp3) is 0.467. The van der Waals surface area contributed by atoms with E-state index in [1.54, 1.807) is 25.2 Å². The number of aliphatic hydroxyl groups excluding tert-OH is 1. The second kappa shape index (κ2) is 8.00. The number of hydrogen-bond donors (Lipinski definition) is 2. The summed E-state index contributed by atoms with van der Waals surface area (Å²) in [6.07, 6.45) is 0.413. The van der Waals surface area contributed by atoms with Crippen LogP contribution < -0.4 is 5.32 Å². The van der Waals surface area contributed by atoms with Gasteiger partial charge in [0.15, 0.2) is 0 Å². The molecule has 21 heavy (non-hydrogen) atoms. The van der Waals surface area contributed by atoms with Gasteiger partial charge in [0.25, 0.3) is 5.91 Å². The molecule has 0 unspecified atom stereocenters. The van der Waals surface area contributed by atoms with Gasteiger partial charge in [0.1, 0.15) is 0 Å². The first-order valence-corrected chi connectivity index (χ1v) is 7.18. The Balaban J connectivity index is 2.89. The van der Waals surface area contributed by atoms with E-state index in [0.717, 1.165) is 0 Å². The third kappa shape index (κ3) is 5.36. The van der Waals surface area contributed by atoms with Crippen molar-refractivity contribution in [2.45, 2.75) is 20.3 Å². The Hall–Kier alpha value is -1.59. The highest BCUT2D eigenvalue weighted by atomic mass is 35.5. The molecule has 0 aliphatic rings. The molecular formula is C15H21ClN2O3. The zero-order chi connectivity index (χ0) is 16.0. The molecule has 6 heteroatoms. The normalized spacial score (nSPS) is 10.6. The molecule has 1 rings (SSSR count). The van der Waals surface area contributed by atoms with Crippen LogP contribution in [0.5, 0.6) is 0 Å². The number of benzene rings is 1. The fourth-order valence-corrected chi connectivity index (χ4v) is 2.01. The Kier molecular flexibility index (Phi) is 6.65. The number of aliphatic hydroxyl groups is 1. The topological polar surface area (TPSA) is 69.6 Å². The summed E-state index contributed by atoms with van der Waals surface area (Å²) >= 11 is 6.03. The first-order valence-electron chi connectivity index (χ1n) is 6.81. The number of halogens is 1. The number of nitrogens with zero attached hydrogens (tertiary/aromatic N) is 1. The second-order valence-corrected chi connectivity index (χ2v) is 5.70. The van der Waals surface area contributed by atoms with E-state index in [9.17, 15) is 9.59 Å². The predicted octanol–water partition coefficient (Wildman–Crippen LogP) is 2.39. The lowest BCUT2D eigenvalue weighted by Crippen LogP contribution is -2.29. The zero-order valence-corrected chi connectivity index (χ0v) is 13.3. The zero-order valence-electron chi connectivity index (χ0n) is 12.5. The Labute approximate surface area is 129 Å². The average molecular weight is 313 g/mol. The molecule has 0 saturated carbocycles. The van der Waals surface area contributed by atoms with Crippen molar-refractivity contribution in [1.82, 2.24) is 4.90 Å². The minimum Gasteiger partial charge on any atom is -0.395 e. The van der Waals surface area contributed by atoms with Gasteiger partial charge >= 0.3 is 0 Å². The number of rotatable bonds is 6. The molecule has 0 aliphatic carbocycles. The van der Waals surface area contributed by atoms with Gasteiger partial charge in [-0.15, -0.1) is 0 Å². The molecule has 0 bridgehead atoms. The highest BCUT2D eigenvalue weighted by Gasteiger charge is 2.16. The van der Waals surface area contributed by atoms with Crippen LogP contribution in [0.2, 0.25) is 5.02 Å². The van der Waals surface area contributed by atoms with E-state index in [-0.39, 0.29) is 30.9 Å². The largest absolute Gasteiger partial charge is 0.395 e. The van der Waals surface area contributed by atoms with Crippen LogP contribution >= 0.6 is 11.6 Å². The van der Waals surface area contributed by atoms with E-state index in [1.807, 2.05) is 13.8 Å². The number of hydrogen-bond acceptors (Lipinski definition) is 3. The molecule has 2 N–H and O–H groups in total. The SMILES string of the molecule is CC(C)CC(=O)Nc1ccc(Cl)c(C(=O)N(C)CCO)c1. The van der Waals surface area contributed by atoms with Gasteiger partial charge in [0.2, 0.25) is 5.91 Å². The number of amides is 2. The Bertz CT molecular complexity index is 518. The smallest absolute Gasteiger partial charge is 0.255 e. The van der Waals surface area contributed by atoms with Crippen LogP contribution in [0.1, 0.15) is 30.6 Å². The number of likely N-dealkylation sites (N-methyl/N-ethyl adjacent to an activating group) is 1. The third-order valence-corrected chi connectivity index (χ3v) is 3.19. The maximum atomic E-state index is 12.2. The molecule has 0 aliphatic heterocycles. The van der Waals surface area contributed by atoms with Crippen LogP contribution in [0.15, 0.2) is 18.2 Å². The number of nitrogens with one attached hydrogen (secondary N) is 1. The monoisotopic (exact) mass is 312 g/mol. The van der Waals surface area contributed by atoms with E-state index in [0.29, 0.717) is 22.7 Å². The van der Waals surface area contributed by atoms with Gasteiger partial charge in [0.05, 0.1) is 17.2 Å². The lowest BCUT2D eigenvalue weighted by atomic mass is 10.1. The van der Waals surface area contributed by atoms with Gasteiger partial charge in [-0.2, -0.15) is 0 Å². The molecule has 0 spiro atoms. The van der Waals surface area contributed by atoms with Gasteiger partial charge in [0, 0.05) is 25.7 Å². The summed E-state index contributed by atoms with van der Waals surface area (Å²) in [5, 5.41) is 11.9. The van der Waals surface area contributed by atoms with E-state index >= 15 is 0 Å². The lowest BCUT2D eigenvalue weighted by molar-refractivity contribution is -0.116. The van der Waals surface area contributed by atoms with E-state index in [1.165, 1.54) is 4.90 Å². The summed E-state index contributed by atoms with van der Waals surface area (Å²) < 4.78 is 0. The van der Waals surface area contributed by atoms with Crippen molar-refractivity contribution >= 4 is 29.1 Å². The first kappa shape index (κ1) is 17.5. The molecule has 0 fully saturated rings. The Morgan fingerprint density at radius 2 is 2.05 bits per heavy atom. The molecule has 0 saturated heterocycles. The van der Waals surface area contributed by atoms with Crippen LogP contribution in [0, 0.1) is 5.92 Å². The molecule has 2 amide bonds. The molecule has 0 atom stereocenters. The van der Waals surface area contributed by atoms with Gasteiger partial charge in [-0.3, -0.25) is 9.59 Å². The van der Waals surface area contributed by atoms with Crippen molar-refractivity contribution in [1.29, 1.82) is 0 Å². The highest BCUT2D eigenvalue weighted by molar-refractivity contribution is 6.34. The summed E-state index contributed by atoms with van der Waals surface area (Å²) in [7, 11) is 1.58. The van der Waals surface area contributed by atoms with Crippen LogP contribution in [-0.4, -0.2) is 42.0 Å². The quantitative estimate of drug-likeness (QED) is 0.847. The molecular weight excluding hydrogens is 292 g/mol. The fourth-order valence-electron chi connectivity index (χ4n) is 1.81. The minimum absolute atomic E-state index is 0.102. The summed E-state index contributed by atoms with van der Waals surface area (Å²) in [6, 6.07) is 4.78. The molecule has 1 aromatic carbocycles. The van der Waals surface area contributed by atoms with Crippen molar-refractivity contribution in [2.75, 3.05) is 25.5 Å². The second-order valence-electron chi connectivity index (χ2n) is 5.29. The van der Waals surface area contributed by atoms with Crippen molar-refractivity contribution < 1.29 is 14.7 Å². The highest BCUT2D eigenvalue weighted by Crippen LogP contribution is 2.22. The first-order chi connectivity index (χ1) is 9.85. The van der Waals surface area contributed by atoms with Crippen molar-refractivity contribution in [3.8, 4) is 0 Å². The van der Waals surface area contributed by atoms with Crippen LogP contribution in [0.3, 0.4) is 0 Å². The maximum absolute atomic E-state index is 12.2. The molecule has 0 aromatic heterocycles. The van der Waals surface area contributed by atoms with E-state index < -0.39 is 0 Å². The van der Waals surface area contributed by atoms with E-state index in [4.69, 9.17) is 16.7 Å².